The molecule has 0 amide bonds. The molecule has 2 nitrogen and oxygen atoms in total. The summed E-state index contributed by atoms with van der Waals surface area (Å²) in [4.78, 5) is 0. The van der Waals surface area contributed by atoms with E-state index in [1.807, 2.05) is 0 Å². The van der Waals surface area contributed by atoms with Gasteiger partial charge in [0.15, 0.2) is 0 Å². The van der Waals surface area contributed by atoms with Gasteiger partial charge in [-0.15, -0.1) is 0 Å². The Morgan fingerprint density at radius 2 is 2.36 bits per heavy atom. The van der Waals surface area contributed by atoms with Gasteiger partial charge in [-0.05, 0) is 55.6 Å². The van der Waals surface area contributed by atoms with Crippen LogP contribution in [0.25, 0.3) is 0 Å². The number of hydrogen-bond acceptors (Lipinski definition) is 2. The van der Waals surface area contributed by atoms with Gasteiger partial charge in [-0.25, -0.2) is 0 Å². The van der Waals surface area contributed by atoms with E-state index in [0.29, 0.717) is 11.7 Å². The van der Waals surface area contributed by atoms with Gasteiger partial charge < -0.3 is 10.4 Å². The molecule has 14 heavy (non-hydrogen) atoms. The molecule has 1 heterocycles. The first kappa shape index (κ1) is 9.81. The SMILES string of the molecule is Oc1ccc(Cl)c(CC2CCNC2)c1. The van der Waals surface area contributed by atoms with Crippen LogP contribution in [0.5, 0.6) is 5.75 Å². The lowest BCUT2D eigenvalue weighted by Crippen LogP contribution is -2.10. The summed E-state index contributed by atoms with van der Waals surface area (Å²) in [6.07, 6.45) is 2.16. The standard InChI is InChI=1S/C11H14ClNO/c12-11-2-1-10(14)6-9(11)5-8-3-4-13-7-8/h1-2,6,8,13-14H,3-5,7H2. The first-order valence-corrected chi connectivity index (χ1v) is 5.31. The Balaban J connectivity index is 2.10. The Kier molecular flexibility index (Phi) is 2.94. The van der Waals surface area contributed by atoms with Crippen LogP contribution in [0.3, 0.4) is 0 Å². The highest BCUT2D eigenvalue weighted by atomic mass is 35.5. The lowest BCUT2D eigenvalue weighted by Gasteiger charge is -2.09. The lowest BCUT2D eigenvalue weighted by atomic mass is 9.98. The zero-order chi connectivity index (χ0) is 9.97. The van der Waals surface area contributed by atoms with Gasteiger partial charge in [-0.2, -0.15) is 0 Å². The molecular weight excluding hydrogens is 198 g/mol. The molecule has 0 aliphatic carbocycles. The average Bonchev–Trinajstić information content (AvgIpc) is 2.64. The molecule has 0 aromatic heterocycles. The van der Waals surface area contributed by atoms with Crippen LogP contribution in [0.15, 0.2) is 18.2 Å². The maximum absolute atomic E-state index is 9.34. The van der Waals surface area contributed by atoms with Crippen LogP contribution in [0.4, 0.5) is 0 Å². The predicted molar refractivity (Wildman–Crippen MR) is 57.8 cm³/mol. The fourth-order valence-electron chi connectivity index (χ4n) is 1.92. The van der Waals surface area contributed by atoms with Crippen LogP contribution in [0.2, 0.25) is 5.02 Å². The number of aromatic hydroxyl groups is 1. The number of halogens is 1. The lowest BCUT2D eigenvalue weighted by molar-refractivity contribution is 0.473. The molecule has 0 radical (unpaired) electrons. The van der Waals surface area contributed by atoms with Crippen LogP contribution in [0, 0.1) is 5.92 Å². The summed E-state index contributed by atoms with van der Waals surface area (Å²) < 4.78 is 0. The summed E-state index contributed by atoms with van der Waals surface area (Å²) >= 11 is 6.04. The summed E-state index contributed by atoms with van der Waals surface area (Å²) in [5.74, 6) is 0.963. The van der Waals surface area contributed by atoms with Crippen molar-refractivity contribution >= 4 is 11.6 Å². The van der Waals surface area contributed by atoms with Crippen LogP contribution >= 0.6 is 11.6 Å². The van der Waals surface area contributed by atoms with Gasteiger partial charge in [-0.3, -0.25) is 0 Å². The van der Waals surface area contributed by atoms with E-state index in [0.717, 1.165) is 30.1 Å². The zero-order valence-electron chi connectivity index (χ0n) is 7.96. The maximum Gasteiger partial charge on any atom is 0.115 e. The Hall–Kier alpha value is -0.730. The Labute approximate surface area is 88.9 Å². The monoisotopic (exact) mass is 211 g/mol. The van der Waals surface area contributed by atoms with Crippen molar-refractivity contribution in [2.24, 2.45) is 5.92 Å². The van der Waals surface area contributed by atoms with Gasteiger partial charge >= 0.3 is 0 Å². The molecule has 0 bridgehead atoms. The quantitative estimate of drug-likeness (QED) is 0.786. The van der Waals surface area contributed by atoms with E-state index in [4.69, 9.17) is 11.6 Å². The summed E-state index contributed by atoms with van der Waals surface area (Å²) in [6, 6.07) is 5.15. The van der Waals surface area contributed by atoms with Crippen molar-refractivity contribution in [2.75, 3.05) is 13.1 Å². The molecule has 2 N–H and O–H groups in total. The summed E-state index contributed by atoms with van der Waals surface area (Å²) in [5.41, 5.74) is 1.06. The predicted octanol–water partition coefficient (Wildman–Crippen LogP) is 2.20. The number of nitrogens with one attached hydrogen (secondary N) is 1. The number of benzene rings is 1. The van der Waals surface area contributed by atoms with Crippen molar-refractivity contribution in [3.05, 3.63) is 28.8 Å². The third-order valence-electron chi connectivity index (χ3n) is 2.70. The molecule has 0 spiro atoms. The van der Waals surface area contributed by atoms with Gasteiger partial charge in [0.05, 0.1) is 0 Å². The van der Waals surface area contributed by atoms with Crippen LogP contribution in [-0.4, -0.2) is 18.2 Å². The summed E-state index contributed by atoms with van der Waals surface area (Å²) in [6.45, 7) is 2.16. The van der Waals surface area contributed by atoms with E-state index in [1.54, 1.807) is 18.2 Å². The third kappa shape index (κ3) is 2.20. The van der Waals surface area contributed by atoms with Gasteiger partial charge in [0, 0.05) is 5.02 Å². The number of hydrogen-bond donors (Lipinski definition) is 2. The maximum atomic E-state index is 9.34. The van der Waals surface area contributed by atoms with Crippen molar-refractivity contribution < 1.29 is 5.11 Å². The second-order valence-electron chi connectivity index (χ2n) is 3.84. The topological polar surface area (TPSA) is 32.3 Å². The van der Waals surface area contributed by atoms with Crippen molar-refractivity contribution in [1.29, 1.82) is 0 Å². The molecule has 1 saturated heterocycles. The molecule has 1 unspecified atom stereocenters. The largest absolute Gasteiger partial charge is 0.508 e. The average molecular weight is 212 g/mol. The van der Waals surface area contributed by atoms with Crippen molar-refractivity contribution in [1.82, 2.24) is 5.32 Å². The van der Waals surface area contributed by atoms with Crippen LogP contribution < -0.4 is 5.32 Å². The molecule has 1 aromatic carbocycles. The highest BCUT2D eigenvalue weighted by Crippen LogP contribution is 2.25. The molecule has 1 atom stereocenters. The van der Waals surface area contributed by atoms with Gasteiger partial charge in [0.2, 0.25) is 0 Å². The number of phenolic OH excluding ortho intramolecular Hbond substituents is 1. The van der Waals surface area contributed by atoms with Crippen LogP contribution in [0.1, 0.15) is 12.0 Å². The zero-order valence-corrected chi connectivity index (χ0v) is 8.72. The Morgan fingerprint density at radius 1 is 1.50 bits per heavy atom. The minimum atomic E-state index is 0.301. The second-order valence-corrected chi connectivity index (χ2v) is 4.25. The molecule has 0 saturated carbocycles. The fraction of sp³-hybridized carbons (Fsp3) is 0.455. The highest BCUT2D eigenvalue weighted by molar-refractivity contribution is 6.31. The van der Waals surface area contributed by atoms with E-state index in [-0.39, 0.29) is 0 Å². The van der Waals surface area contributed by atoms with Gasteiger partial charge in [0.25, 0.3) is 0 Å². The first-order valence-electron chi connectivity index (χ1n) is 4.94. The summed E-state index contributed by atoms with van der Waals surface area (Å²) in [5, 5.41) is 13.4. The molecular formula is C11H14ClNO. The molecule has 1 aromatic rings. The highest BCUT2D eigenvalue weighted by Gasteiger charge is 2.16. The van der Waals surface area contributed by atoms with Crippen LogP contribution in [-0.2, 0) is 6.42 Å². The Morgan fingerprint density at radius 3 is 3.07 bits per heavy atom. The molecule has 1 aliphatic heterocycles. The van der Waals surface area contributed by atoms with E-state index in [1.165, 1.54) is 6.42 Å². The minimum absolute atomic E-state index is 0.301. The molecule has 2 rings (SSSR count). The first-order chi connectivity index (χ1) is 6.75. The Bertz CT molecular complexity index is 321. The molecule has 76 valence electrons. The van der Waals surface area contributed by atoms with Crippen molar-refractivity contribution in [3.8, 4) is 5.75 Å². The molecule has 1 fully saturated rings. The summed E-state index contributed by atoms with van der Waals surface area (Å²) in [7, 11) is 0. The third-order valence-corrected chi connectivity index (χ3v) is 3.07. The van der Waals surface area contributed by atoms with E-state index >= 15 is 0 Å². The van der Waals surface area contributed by atoms with Gasteiger partial charge in [-0.1, -0.05) is 11.6 Å². The van der Waals surface area contributed by atoms with E-state index in [2.05, 4.69) is 5.32 Å². The number of rotatable bonds is 2. The second kappa shape index (κ2) is 4.20. The minimum Gasteiger partial charge on any atom is -0.508 e. The molecule has 3 heteroatoms. The number of phenols is 1. The smallest absolute Gasteiger partial charge is 0.115 e. The molecule has 1 aliphatic rings. The fourth-order valence-corrected chi connectivity index (χ4v) is 2.11. The normalized spacial score (nSPS) is 21.4. The van der Waals surface area contributed by atoms with Crippen molar-refractivity contribution in [3.63, 3.8) is 0 Å². The van der Waals surface area contributed by atoms with Crippen molar-refractivity contribution in [2.45, 2.75) is 12.8 Å². The van der Waals surface area contributed by atoms with Gasteiger partial charge in [0.1, 0.15) is 5.75 Å². The van der Waals surface area contributed by atoms with E-state index < -0.39 is 0 Å². The van der Waals surface area contributed by atoms with E-state index in [9.17, 15) is 5.11 Å².